The minimum Gasteiger partial charge on any atom is -0.456 e. The van der Waals surface area contributed by atoms with E-state index in [1.807, 2.05) is 0 Å². The number of rotatable bonds is 4. The first-order valence-electron chi connectivity index (χ1n) is 4.56. The van der Waals surface area contributed by atoms with Crippen LogP contribution in [0.5, 0.6) is 0 Å². The Morgan fingerprint density at radius 3 is 2.24 bits per heavy atom. The van der Waals surface area contributed by atoms with Crippen molar-refractivity contribution >= 4 is 15.8 Å². The summed E-state index contributed by atoms with van der Waals surface area (Å²) in [6, 6.07) is 4.86. The van der Waals surface area contributed by atoms with Gasteiger partial charge in [0, 0.05) is 6.26 Å². The molecule has 1 rings (SSSR count). The molecular weight excluding hydrogens is 254 g/mol. The lowest BCUT2D eigenvalue weighted by atomic mass is 10.2. The lowest BCUT2D eigenvalue weighted by Crippen LogP contribution is -2.11. The van der Waals surface area contributed by atoms with Crippen LogP contribution in [0.4, 0.5) is 8.78 Å². The van der Waals surface area contributed by atoms with E-state index in [0.29, 0.717) is 0 Å². The second-order valence-corrected chi connectivity index (χ2v) is 5.30. The molecule has 0 saturated carbocycles. The van der Waals surface area contributed by atoms with Gasteiger partial charge in [0.2, 0.25) is 0 Å². The van der Waals surface area contributed by atoms with E-state index in [2.05, 4.69) is 4.74 Å². The molecule has 0 amide bonds. The highest BCUT2D eigenvalue weighted by atomic mass is 32.2. The van der Waals surface area contributed by atoms with Gasteiger partial charge in [0.05, 0.1) is 10.5 Å². The molecule has 0 heterocycles. The zero-order chi connectivity index (χ0) is 13.1. The maximum atomic E-state index is 11.8. The molecule has 0 atom stereocenters. The molecule has 0 spiro atoms. The van der Waals surface area contributed by atoms with E-state index in [1.165, 1.54) is 24.3 Å². The van der Waals surface area contributed by atoms with E-state index in [4.69, 9.17) is 0 Å². The van der Waals surface area contributed by atoms with E-state index >= 15 is 0 Å². The molecule has 1 aromatic carbocycles. The third-order valence-corrected chi connectivity index (χ3v) is 2.99. The number of hydrogen-bond donors (Lipinski definition) is 0. The monoisotopic (exact) mass is 264 g/mol. The lowest BCUT2D eigenvalue weighted by molar-refractivity contribution is 0.0160. The average molecular weight is 264 g/mol. The predicted molar refractivity (Wildman–Crippen MR) is 55.8 cm³/mol. The first-order valence-corrected chi connectivity index (χ1v) is 6.45. The fourth-order valence-electron chi connectivity index (χ4n) is 1.06. The molecule has 7 heteroatoms. The molecule has 94 valence electrons. The van der Waals surface area contributed by atoms with Crippen LogP contribution in [0.3, 0.4) is 0 Å². The van der Waals surface area contributed by atoms with Crippen LogP contribution in [0.1, 0.15) is 10.4 Å². The van der Waals surface area contributed by atoms with Crippen molar-refractivity contribution in [2.45, 2.75) is 11.3 Å². The summed E-state index contributed by atoms with van der Waals surface area (Å²) in [6.07, 6.45) is -1.70. The molecule has 0 aliphatic rings. The Morgan fingerprint density at radius 2 is 1.82 bits per heavy atom. The number of alkyl halides is 2. The molecular formula is C10H10F2O4S. The van der Waals surface area contributed by atoms with Gasteiger partial charge in [-0.05, 0) is 24.3 Å². The van der Waals surface area contributed by atoms with Crippen LogP contribution >= 0.6 is 0 Å². The fraction of sp³-hybridized carbons (Fsp3) is 0.300. The first-order chi connectivity index (χ1) is 7.80. The van der Waals surface area contributed by atoms with Crippen molar-refractivity contribution in [2.24, 2.45) is 0 Å². The maximum absolute atomic E-state index is 11.8. The standard InChI is InChI=1S/C10H10F2O4S/c1-17(14,15)8-4-2-7(3-5-8)10(13)16-6-9(11)12/h2-5,9H,6H2,1H3. The summed E-state index contributed by atoms with van der Waals surface area (Å²) in [5, 5.41) is 0. The summed E-state index contributed by atoms with van der Waals surface area (Å²) < 4.78 is 50.1. The van der Waals surface area contributed by atoms with E-state index in [-0.39, 0.29) is 10.5 Å². The Labute approximate surface area is 97.1 Å². The Morgan fingerprint density at radius 1 is 1.29 bits per heavy atom. The second-order valence-electron chi connectivity index (χ2n) is 3.29. The quantitative estimate of drug-likeness (QED) is 0.773. The van der Waals surface area contributed by atoms with Crippen molar-refractivity contribution in [2.75, 3.05) is 12.9 Å². The third-order valence-electron chi connectivity index (χ3n) is 1.86. The number of ether oxygens (including phenoxy) is 1. The van der Waals surface area contributed by atoms with Crippen LogP contribution < -0.4 is 0 Å². The summed E-state index contributed by atoms with van der Waals surface area (Å²) in [7, 11) is -3.34. The highest BCUT2D eigenvalue weighted by molar-refractivity contribution is 7.90. The topological polar surface area (TPSA) is 60.4 Å². The Balaban J connectivity index is 2.78. The summed E-state index contributed by atoms with van der Waals surface area (Å²) in [5.41, 5.74) is 0.0260. The first kappa shape index (κ1) is 13.6. The van der Waals surface area contributed by atoms with Crippen molar-refractivity contribution in [3.05, 3.63) is 29.8 Å². The van der Waals surface area contributed by atoms with Crippen molar-refractivity contribution < 1.29 is 26.7 Å². The molecule has 1 aromatic rings. The van der Waals surface area contributed by atoms with Gasteiger partial charge < -0.3 is 4.74 Å². The Hall–Kier alpha value is -1.50. The smallest absolute Gasteiger partial charge is 0.338 e. The average Bonchev–Trinajstić information content (AvgIpc) is 2.25. The minimum atomic E-state index is -3.34. The van der Waals surface area contributed by atoms with Crippen molar-refractivity contribution in [3.63, 3.8) is 0 Å². The second kappa shape index (κ2) is 5.22. The van der Waals surface area contributed by atoms with Gasteiger partial charge in [0.15, 0.2) is 16.4 Å². The van der Waals surface area contributed by atoms with E-state index in [1.54, 1.807) is 0 Å². The fourth-order valence-corrected chi connectivity index (χ4v) is 1.69. The number of esters is 1. The number of carbonyl (C=O) groups excluding carboxylic acids is 1. The van der Waals surface area contributed by atoms with Crippen molar-refractivity contribution in [1.29, 1.82) is 0 Å². The maximum Gasteiger partial charge on any atom is 0.338 e. The highest BCUT2D eigenvalue weighted by Crippen LogP contribution is 2.11. The third kappa shape index (κ3) is 4.10. The van der Waals surface area contributed by atoms with E-state index in [0.717, 1.165) is 6.26 Å². The van der Waals surface area contributed by atoms with Crippen LogP contribution in [0.15, 0.2) is 29.2 Å². The van der Waals surface area contributed by atoms with Gasteiger partial charge in [-0.25, -0.2) is 22.0 Å². The van der Waals surface area contributed by atoms with Gasteiger partial charge in [-0.2, -0.15) is 0 Å². The van der Waals surface area contributed by atoms with Crippen molar-refractivity contribution in [1.82, 2.24) is 0 Å². The number of halogens is 2. The van der Waals surface area contributed by atoms with Gasteiger partial charge >= 0.3 is 5.97 Å². The molecule has 0 aliphatic carbocycles. The molecule has 0 unspecified atom stereocenters. The van der Waals surface area contributed by atoms with Gasteiger partial charge in [-0.3, -0.25) is 0 Å². The van der Waals surface area contributed by atoms with E-state index in [9.17, 15) is 22.0 Å². The summed E-state index contributed by atoms with van der Waals surface area (Å²) in [6.45, 7) is -0.980. The van der Waals surface area contributed by atoms with Crippen LogP contribution in [-0.2, 0) is 14.6 Å². The van der Waals surface area contributed by atoms with E-state index < -0.39 is 28.8 Å². The molecule has 0 fully saturated rings. The normalized spacial score (nSPS) is 11.5. The van der Waals surface area contributed by atoms with Crippen LogP contribution in [-0.4, -0.2) is 33.7 Å². The Bertz CT molecular complexity index is 494. The van der Waals surface area contributed by atoms with Gasteiger partial charge in [0.25, 0.3) is 6.43 Å². The van der Waals surface area contributed by atoms with Gasteiger partial charge in [-0.1, -0.05) is 0 Å². The molecule has 0 N–H and O–H groups in total. The summed E-state index contributed by atoms with van der Waals surface area (Å²) in [5.74, 6) is -0.912. The SMILES string of the molecule is CS(=O)(=O)c1ccc(C(=O)OCC(F)F)cc1. The summed E-state index contributed by atoms with van der Waals surface area (Å²) >= 11 is 0. The van der Waals surface area contributed by atoms with Crippen LogP contribution in [0.25, 0.3) is 0 Å². The number of benzene rings is 1. The van der Waals surface area contributed by atoms with Crippen LogP contribution in [0.2, 0.25) is 0 Å². The Kier molecular flexibility index (Phi) is 4.17. The minimum absolute atomic E-state index is 0.0260. The zero-order valence-corrected chi connectivity index (χ0v) is 9.71. The number of hydrogen-bond acceptors (Lipinski definition) is 4. The van der Waals surface area contributed by atoms with Gasteiger partial charge in [-0.15, -0.1) is 0 Å². The predicted octanol–water partition coefficient (Wildman–Crippen LogP) is 1.51. The molecule has 0 saturated heterocycles. The molecule has 0 bridgehead atoms. The lowest BCUT2D eigenvalue weighted by Gasteiger charge is -2.04. The number of sulfone groups is 1. The molecule has 17 heavy (non-hydrogen) atoms. The van der Waals surface area contributed by atoms with Gasteiger partial charge in [0.1, 0.15) is 0 Å². The highest BCUT2D eigenvalue weighted by Gasteiger charge is 2.12. The number of carbonyl (C=O) groups is 1. The molecule has 0 aliphatic heterocycles. The van der Waals surface area contributed by atoms with Crippen LogP contribution in [0, 0.1) is 0 Å². The largest absolute Gasteiger partial charge is 0.456 e. The zero-order valence-electron chi connectivity index (χ0n) is 8.89. The molecule has 0 aromatic heterocycles. The van der Waals surface area contributed by atoms with Crippen molar-refractivity contribution in [3.8, 4) is 0 Å². The summed E-state index contributed by atoms with van der Waals surface area (Å²) in [4.78, 5) is 11.2. The molecule has 4 nitrogen and oxygen atoms in total. The molecule has 0 radical (unpaired) electrons.